The van der Waals surface area contributed by atoms with Crippen LogP contribution in [-0.4, -0.2) is 23.5 Å². The number of nitrogens with zero attached hydrogens (tertiary/aromatic N) is 5. The Kier molecular flexibility index (Phi) is 6.62. The molecule has 0 bridgehead atoms. The van der Waals surface area contributed by atoms with E-state index in [0.717, 1.165) is 66.2 Å². The number of pyridine rings is 2. The van der Waals surface area contributed by atoms with E-state index in [1.54, 1.807) is 0 Å². The summed E-state index contributed by atoms with van der Waals surface area (Å²) in [6.07, 6.45) is 5.72. The van der Waals surface area contributed by atoms with Gasteiger partial charge in [-0.1, -0.05) is 89.1 Å². The minimum absolute atomic E-state index is 0. The minimum Gasteiger partial charge on any atom is -0.503 e. The summed E-state index contributed by atoms with van der Waals surface area (Å²) in [5.41, 5.74) is 7.38. The first-order chi connectivity index (χ1) is 24.8. The SMILES string of the molecule is [Pd+2].[c-]1c(Oc2[c-]c3c(cc2)c2ccccc2n3-c2ccccn2)ccc2c1c1nccn1c1c2ccc2c1c1ccccc1n2-c1ccccc1. The second-order valence-electron chi connectivity index (χ2n) is 12.5. The van der Waals surface area contributed by atoms with Gasteiger partial charge in [0.2, 0.25) is 0 Å². The Hall–Kier alpha value is -6.26. The molecule has 0 spiro atoms. The van der Waals surface area contributed by atoms with Crippen LogP contribution >= 0.6 is 0 Å². The van der Waals surface area contributed by atoms with Crippen LogP contribution in [0.2, 0.25) is 0 Å². The van der Waals surface area contributed by atoms with Crippen LogP contribution in [0.5, 0.6) is 11.5 Å². The summed E-state index contributed by atoms with van der Waals surface area (Å²) in [5.74, 6) is 2.03. The van der Waals surface area contributed by atoms with E-state index >= 15 is 0 Å². The molecule has 0 unspecified atom stereocenters. The molecule has 51 heavy (non-hydrogen) atoms. The molecule has 0 saturated carbocycles. The van der Waals surface area contributed by atoms with Crippen LogP contribution in [0.4, 0.5) is 0 Å². The van der Waals surface area contributed by atoms with Gasteiger partial charge in [-0.25, -0.2) is 4.98 Å². The molecule has 0 aliphatic heterocycles. The zero-order valence-corrected chi connectivity index (χ0v) is 28.4. The number of benzene rings is 6. The van der Waals surface area contributed by atoms with E-state index < -0.39 is 0 Å². The summed E-state index contributed by atoms with van der Waals surface area (Å²) >= 11 is 0. The average molecular weight is 746 g/mol. The third-order valence-electron chi connectivity index (χ3n) is 9.79. The maximum Gasteiger partial charge on any atom is 2.00 e. The topological polar surface area (TPSA) is 49.3 Å². The fraction of sp³-hybridized carbons (Fsp3) is 0. The first kappa shape index (κ1) is 29.6. The Bertz CT molecular complexity index is 3130. The molecule has 0 fully saturated rings. The summed E-state index contributed by atoms with van der Waals surface area (Å²) in [6.45, 7) is 0. The third-order valence-corrected chi connectivity index (χ3v) is 9.79. The minimum atomic E-state index is 0. The smallest absolute Gasteiger partial charge is 0.503 e. The van der Waals surface area contributed by atoms with Crippen molar-refractivity contribution in [2.45, 2.75) is 0 Å². The molecule has 6 nitrogen and oxygen atoms in total. The van der Waals surface area contributed by atoms with Crippen molar-refractivity contribution in [1.82, 2.24) is 23.5 Å². The number of fused-ring (bicyclic) bond motifs is 13. The molecule has 0 N–H and O–H groups in total. The predicted molar refractivity (Wildman–Crippen MR) is 201 cm³/mol. The summed E-state index contributed by atoms with van der Waals surface area (Å²) in [6, 6.07) is 53.3. The molecule has 5 aromatic heterocycles. The van der Waals surface area contributed by atoms with E-state index in [9.17, 15) is 0 Å². The van der Waals surface area contributed by atoms with Crippen molar-refractivity contribution in [3.63, 3.8) is 0 Å². The molecular formula is C44H25N5OPd. The van der Waals surface area contributed by atoms with Crippen LogP contribution < -0.4 is 4.74 Å². The Morgan fingerprint density at radius 2 is 1.22 bits per heavy atom. The van der Waals surface area contributed by atoms with Crippen molar-refractivity contribution < 1.29 is 25.2 Å². The van der Waals surface area contributed by atoms with Crippen molar-refractivity contribution in [2.24, 2.45) is 0 Å². The van der Waals surface area contributed by atoms with Gasteiger partial charge in [0.15, 0.2) is 0 Å². The Labute approximate surface area is 305 Å². The van der Waals surface area contributed by atoms with Gasteiger partial charge in [-0.15, -0.1) is 29.7 Å². The summed E-state index contributed by atoms with van der Waals surface area (Å²) in [4.78, 5) is 9.51. The summed E-state index contributed by atoms with van der Waals surface area (Å²) < 4.78 is 13.2. The van der Waals surface area contributed by atoms with Crippen molar-refractivity contribution in [2.75, 3.05) is 0 Å². The number of rotatable bonds is 4. The summed E-state index contributed by atoms with van der Waals surface area (Å²) in [7, 11) is 0. The van der Waals surface area contributed by atoms with Crippen molar-refractivity contribution >= 4 is 70.9 Å². The fourth-order valence-corrected chi connectivity index (χ4v) is 7.74. The van der Waals surface area contributed by atoms with E-state index in [2.05, 4.69) is 134 Å². The monoisotopic (exact) mass is 745 g/mol. The van der Waals surface area contributed by atoms with E-state index in [4.69, 9.17) is 9.72 Å². The van der Waals surface area contributed by atoms with Gasteiger partial charge in [-0.2, -0.15) is 6.07 Å². The number of imidazole rings is 1. The fourth-order valence-electron chi connectivity index (χ4n) is 7.74. The number of para-hydroxylation sites is 3. The second-order valence-corrected chi connectivity index (χ2v) is 12.5. The third kappa shape index (κ3) is 4.33. The molecule has 0 radical (unpaired) electrons. The Balaban J connectivity index is 0.00000327. The van der Waals surface area contributed by atoms with Crippen molar-refractivity contribution in [1.29, 1.82) is 0 Å². The van der Waals surface area contributed by atoms with Gasteiger partial charge in [0.25, 0.3) is 0 Å². The van der Waals surface area contributed by atoms with Crippen LogP contribution in [0.15, 0.2) is 152 Å². The zero-order chi connectivity index (χ0) is 32.8. The largest absolute Gasteiger partial charge is 2.00 e. The van der Waals surface area contributed by atoms with Crippen molar-refractivity contribution in [3.05, 3.63) is 164 Å². The maximum absolute atomic E-state index is 6.51. The number of hydrogen-bond acceptors (Lipinski definition) is 3. The van der Waals surface area contributed by atoms with Gasteiger partial charge < -0.3 is 18.3 Å². The van der Waals surface area contributed by atoms with E-state index in [1.807, 2.05) is 48.9 Å². The average Bonchev–Trinajstić information content (AvgIpc) is 3.88. The van der Waals surface area contributed by atoms with Crippen molar-refractivity contribution in [3.8, 4) is 23.0 Å². The molecular weight excluding hydrogens is 721 g/mol. The van der Waals surface area contributed by atoms with Crippen LogP contribution in [0.1, 0.15) is 0 Å². The van der Waals surface area contributed by atoms with Crippen LogP contribution in [-0.2, 0) is 20.4 Å². The van der Waals surface area contributed by atoms with E-state index in [-0.39, 0.29) is 20.4 Å². The van der Waals surface area contributed by atoms with Gasteiger partial charge in [0, 0.05) is 57.6 Å². The zero-order valence-electron chi connectivity index (χ0n) is 26.9. The normalized spacial score (nSPS) is 11.8. The van der Waals surface area contributed by atoms with Gasteiger partial charge >= 0.3 is 20.4 Å². The maximum atomic E-state index is 6.51. The molecule has 11 aromatic rings. The molecule has 242 valence electrons. The van der Waals surface area contributed by atoms with Crippen LogP contribution in [0.25, 0.3) is 82.4 Å². The van der Waals surface area contributed by atoms with Gasteiger partial charge in [-0.05, 0) is 53.2 Å². The molecule has 0 amide bonds. The summed E-state index contributed by atoms with van der Waals surface area (Å²) in [5, 5.41) is 7.72. The first-order valence-corrected chi connectivity index (χ1v) is 16.6. The molecule has 5 heterocycles. The Morgan fingerprint density at radius 3 is 2.04 bits per heavy atom. The molecule has 6 aromatic carbocycles. The van der Waals surface area contributed by atoms with Gasteiger partial charge in [0.05, 0.1) is 16.7 Å². The van der Waals surface area contributed by atoms with Crippen LogP contribution in [0, 0.1) is 12.1 Å². The molecule has 7 heteroatoms. The van der Waals surface area contributed by atoms with E-state index in [0.29, 0.717) is 11.5 Å². The standard InChI is InChI=1S/C44H25N5O.Pd/c1-2-10-28(11-3-1)48-38-15-7-5-13-35(38)42-39(48)22-21-34-31-19-17-29(26-36(31)44-46-24-25-47(44)43(34)42)50-30-18-20-33-32-12-4-6-14-37(32)49(40(33)27-30)41-16-8-9-23-45-41;/h1-25H;/q-2;+2. The molecule has 11 rings (SSSR count). The molecule has 0 aliphatic rings. The Morgan fingerprint density at radius 1 is 0.510 bits per heavy atom. The molecule has 0 aliphatic carbocycles. The predicted octanol–water partition coefficient (Wildman–Crippen LogP) is 10.6. The number of hydrogen-bond donors (Lipinski definition) is 0. The second kappa shape index (κ2) is 11.4. The number of ether oxygens (including phenoxy) is 1. The quantitative estimate of drug-likeness (QED) is 0.102. The number of aromatic nitrogens is 5. The van der Waals surface area contributed by atoms with Gasteiger partial charge in [-0.3, -0.25) is 4.98 Å². The molecule has 0 saturated heterocycles. The molecule has 0 atom stereocenters. The van der Waals surface area contributed by atoms with E-state index in [1.165, 1.54) is 16.3 Å². The first-order valence-electron chi connectivity index (χ1n) is 16.6. The van der Waals surface area contributed by atoms with Crippen LogP contribution in [0.3, 0.4) is 0 Å². The van der Waals surface area contributed by atoms with Gasteiger partial charge in [0.1, 0.15) is 5.82 Å².